The minimum absolute atomic E-state index is 0. The fraction of sp³-hybridized carbons (Fsp3) is 0.318. The van der Waals surface area contributed by atoms with Crippen molar-refractivity contribution in [1.82, 2.24) is 10.6 Å². The Bertz CT molecular complexity index is 799. The highest BCUT2D eigenvalue weighted by molar-refractivity contribution is 14.0. The Kier molecular flexibility index (Phi) is 12.0. The molecule has 2 N–H and O–H groups in total. The molecular weight excluding hydrogens is 484 g/mol. The van der Waals surface area contributed by atoms with Gasteiger partial charge in [-0.1, -0.05) is 36.9 Å². The van der Waals surface area contributed by atoms with Gasteiger partial charge in [-0.15, -0.1) is 24.0 Å². The molecule has 0 saturated heterocycles. The average Bonchev–Trinajstić information content (AvgIpc) is 2.71. The van der Waals surface area contributed by atoms with E-state index in [1.165, 1.54) is 6.07 Å². The molecule has 0 aliphatic rings. The number of hydrogen-bond acceptors (Lipinski definition) is 3. The Hall–Kier alpha value is -2.13. The Morgan fingerprint density at radius 1 is 1.17 bits per heavy atom. The highest BCUT2D eigenvalue weighted by Crippen LogP contribution is 2.17. The number of benzene rings is 2. The second kappa shape index (κ2) is 13.9. The summed E-state index contributed by atoms with van der Waals surface area (Å²) >= 11 is 0. The molecular formula is C22H29FIN3O2. The third-order valence-corrected chi connectivity index (χ3v) is 3.95. The second-order valence-electron chi connectivity index (χ2n) is 6.11. The minimum atomic E-state index is -0.268. The molecule has 0 unspecified atom stereocenters. The molecule has 0 atom stereocenters. The minimum Gasteiger partial charge on any atom is -0.489 e. The van der Waals surface area contributed by atoms with Crippen LogP contribution >= 0.6 is 24.0 Å². The first kappa shape index (κ1) is 24.9. The highest BCUT2D eigenvalue weighted by Gasteiger charge is 2.06. The van der Waals surface area contributed by atoms with Crippen LogP contribution in [0.1, 0.15) is 23.6 Å². The zero-order chi connectivity index (χ0) is 20.2. The van der Waals surface area contributed by atoms with Crippen molar-refractivity contribution in [2.45, 2.75) is 26.6 Å². The molecule has 2 rings (SSSR count). The lowest BCUT2D eigenvalue weighted by Gasteiger charge is -2.14. The average molecular weight is 513 g/mol. The third-order valence-electron chi connectivity index (χ3n) is 3.95. The van der Waals surface area contributed by atoms with Gasteiger partial charge in [-0.2, -0.15) is 0 Å². The van der Waals surface area contributed by atoms with Crippen LogP contribution in [0, 0.1) is 5.82 Å². The SMILES string of the molecule is C=CCOc1ccccc1CNC(=NCc1ccc(F)c(COC)c1)NCC.I. The predicted molar refractivity (Wildman–Crippen MR) is 126 cm³/mol. The molecule has 0 aromatic heterocycles. The van der Waals surface area contributed by atoms with Gasteiger partial charge in [-0.25, -0.2) is 9.38 Å². The monoisotopic (exact) mass is 513 g/mol. The topological polar surface area (TPSA) is 54.9 Å². The van der Waals surface area contributed by atoms with Gasteiger partial charge in [0, 0.05) is 31.3 Å². The van der Waals surface area contributed by atoms with E-state index >= 15 is 0 Å². The van der Waals surface area contributed by atoms with Gasteiger partial charge in [0.05, 0.1) is 13.2 Å². The molecule has 5 nitrogen and oxygen atoms in total. The van der Waals surface area contributed by atoms with Gasteiger partial charge in [0.25, 0.3) is 0 Å². The van der Waals surface area contributed by atoms with E-state index in [1.54, 1.807) is 25.3 Å². The number of nitrogens with zero attached hydrogens (tertiary/aromatic N) is 1. The fourth-order valence-electron chi connectivity index (χ4n) is 2.62. The summed E-state index contributed by atoms with van der Waals surface area (Å²) in [4.78, 5) is 4.60. The van der Waals surface area contributed by atoms with Gasteiger partial charge in [-0.3, -0.25) is 0 Å². The van der Waals surface area contributed by atoms with E-state index in [1.807, 2.05) is 31.2 Å². The van der Waals surface area contributed by atoms with Crippen molar-refractivity contribution in [2.24, 2.45) is 4.99 Å². The molecule has 0 radical (unpaired) electrons. The third kappa shape index (κ3) is 8.41. The molecule has 158 valence electrons. The summed E-state index contributed by atoms with van der Waals surface area (Å²) in [6.45, 7) is 8.12. The maximum absolute atomic E-state index is 13.8. The molecule has 0 fully saturated rings. The first-order chi connectivity index (χ1) is 13.7. The highest BCUT2D eigenvalue weighted by atomic mass is 127. The first-order valence-electron chi connectivity index (χ1n) is 9.28. The van der Waals surface area contributed by atoms with Crippen LogP contribution in [0.5, 0.6) is 5.75 Å². The van der Waals surface area contributed by atoms with Gasteiger partial charge in [0.15, 0.2) is 5.96 Å². The van der Waals surface area contributed by atoms with Gasteiger partial charge in [-0.05, 0) is 30.7 Å². The molecule has 29 heavy (non-hydrogen) atoms. The molecule has 0 spiro atoms. The van der Waals surface area contributed by atoms with Crippen LogP contribution in [0.25, 0.3) is 0 Å². The Morgan fingerprint density at radius 3 is 2.69 bits per heavy atom. The normalized spacial score (nSPS) is 10.8. The quantitative estimate of drug-likeness (QED) is 0.214. The van der Waals surface area contributed by atoms with E-state index in [0.29, 0.717) is 31.2 Å². The zero-order valence-corrected chi connectivity index (χ0v) is 19.2. The number of ether oxygens (including phenoxy) is 2. The molecule has 0 amide bonds. The molecule has 2 aromatic carbocycles. The summed E-state index contributed by atoms with van der Waals surface area (Å²) < 4.78 is 24.5. The van der Waals surface area contributed by atoms with Crippen LogP contribution in [0.3, 0.4) is 0 Å². The van der Waals surface area contributed by atoms with Crippen LogP contribution < -0.4 is 15.4 Å². The van der Waals surface area contributed by atoms with E-state index in [4.69, 9.17) is 9.47 Å². The van der Waals surface area contributed by atoms with Crippen molar-refractivity contribution in [1.29, 1.82) is 0 Å². The molecule has 7 heteroatoms. The van der Waals surface area contributed by atoms with E-state index in [0.717, 1.165) is 23.4 Å². The van der Waals surface area contributed by atoms with Gasteiger partial charge >= 0.3 is 0 Å². The summed E-state index contributed by atoms with van der Waals surface area (Å²) in [6.07, 6.45) is 1.72. The summed E-state index contributed by atoms with van der Waals surface area (Å²) in [5, 5.41) is 6.53. The standard InChI is InChI=1S/C22H28FN3O2.HI/c1-4-12-28-21-9-7-6-8-18(21)15-26-22(24-5-2)25-14-17-10-11-20(23)19(13-17)16-27-3;/h4,6-11,13H,1,5,12,14-16H2,2-3H3,(H2,24,25,26);1H. The van der Waals surface area contributed by atoms with Crippen molar-refractivity contribution in [2.75, 3.05) is 20.3 Å². The predicted octanol–water partition coefficient (Wildman–Crippen LogP) is 4.41. The molecule has 0 aliphatic carbocycles. The Morgan fingerprint density at radius 2 is 1.97 bits per heavy atom. The number of aliphatic imine (C=N–C) groups is 1. The van der Waals surface area contributed by atoms with Crippen molar-refractivity contribution >= 4 is 29.9 Å². The van der Waals surface area contributed by atoms with E-state index in [2.05, 4.69) is 22.2 Å². The summed E-state index contributed by atoms with van der Waals surface area (Å²) in [5.41, 5.74) is 2.47. The van der Waals surface area contributed by atoms with E-state index in [-0.39, 0.29) is 36.4 Å². The summed E-state index contributed by atoms with van der Waals surface area (Å²) in [7, 11) is 1.55. The number of halogens is 2. The molecule has 0 bridgehead atoms. The van der Waals surface area contributed by atoms with Crippen molar-refractivity contribution in [3.05, 3.63) is 77.6 Å². The largest absolute Gasteiger partial charge is 0.489 e. The maximum atomic E-state index is 13.8. The van der Waals surface area contributed by atoms with Crippen molar-refractivity contribution in [3.8, 4) is 5.75 Å². The van der Waals surface area contributed by atoms with Crippen LogP contribution in [0.15, 0.2) is 60.1 Å². The summed E-state index contributed by atoms with van der Waals surface area (Å²) in [6, 6.07) is 12.8. The first-order valence-corrected chi connectivity index (χ1v) is 9.28. The van der Waals surface area contributed by atoms with Crippen LogP contribution in [0.4, 0.5) is 4.39 Å². The number of guanidine groups is 1. The van der Waals surface area contributed by atoms with Crippen molar-refractivity contribution in [3.63, 3.8) is 0 Å². The molecule has 0 heterocycles. The Balaban J connectivity index is 0.00000420. The number of para-hydroxylation sites is 1. The lowest BCUT2D eigenvalue weighted by molar-refractivity contribution is 0.181. The lowest BCUT2D eigenvalue weighted by atomic mass is 10.1. The number of nitrogens with one attached hydrogen (secondary N) is 2. The second-order valence-corrected chi connectivity index (χ2v) is 6.11. The van der Waals surface area contributed by atoms with Crippen LogP contribution in [-0.4, -0.2) is 26.2 Å². The number of hydrogen-bond donors (Lipinski definition) is 2. The number of methoxy groups -OCH3 is 1. The number of rotatable bonds is 10. The van der Waals surface area contributed by atoms with Gasteiger partial charge in [0.2, 0.25) is 0 Å². The van der Waals surface area contributed by atoms with Gasteiger partial charge in [0.1, 0.15) is 18.2 Å². The lowest BCUT2D eigenvalue weighted by Crippen LogP contribution is -2.36. The maximum Gasteiger partial charge on any atom is 0.191 e. The van der Waals surface area contributed by atoms with Gasteiger partial charge < -0.3 is 20.1 Å². The zero-order valence-electron chi connectivity index (χ0n) is 16.9. The van der Waals surface area contributed by atoms with E-state index < -0.39 is 0 Å². The Labute approximate surface area is 189 Å². The van der Waals surface area contributed by atoms with Crippen LogP contribution in [-0.2, 0) is 24.4 Å². The molecule has 0 aliphatic heterocycles. The molecule has 0 saturated carbocycles. The fourth-order valence-corrected chi connectivity index (χ4v) is 2.62. The molecule has 2 aromatic rings. The summed E-state index contributed by atoms with van der Waals surface area (Å²) in [5.74, 6) is 1.22. The smallest absolute Gasteiger partial charge is 0.191 e. The van der Waals surface area contributed by atoms with Crippen LogP contribution in [0.2, 0.25) is 0 Å². The van der Waals surface area contributed by atoms with Crippen molar-refractivity contribution < 1.29 is 13.9 Å². The van der Waals surface area contributed by atoms with E-state index in [9.17, 15) is 4.39 Å².